The third-order valence-electron chi connectivity index (χ3n) is 4.31. The number of ether oxygens (including phenoxy) is 1. The Morgan fingerprint density at radius 2 is 1.86 bits per heavy atom. The lowest BCUT2D eigenvalue weighted by molar-refractivity contribution is 0.0730. The molecule has 1 amide bonds. The van der Waals surface area contributed by atoms with Gasteiger partial charge in [0.05, 0.1) is 28.3 Å². The van der Waals surface area contributed by atoms with Crippen LogP contribution in [0.3, 0.4) is 0 Å². The summed E-state index contributed by atoms with van der Waals surface area (Å²) in [4.78, 5) is 17.1. The lowest BCUT2D eigenvalue weighted by Gasteiger charge is -2.26. The molecule has 146 valence electrons. The van der Waals surface area contributed by atoms with Crippen molar-refractivity contribution in [2.24, 2.45) is 0 Å². The van der Waals surface area contributed by atoms with Crippen molar-refractivity contribution in [2.75, 3.05) is 31.6 Å². The van der Waals surface area contributed by atoms with E-state index in [9.17, 15) is 13.2 Å². The molecule has 2 heterocycles. The highest BCUT2D eigenvalue weighted by molar-refractivity contribution is 9.10. The predicted molar refractivity (Wildman–Crippen MR) is 111 cm³/mol. The fourth-order valence-corrected chi connectivity index (χ4v) is 5.73. The van der Waals surface area contributed by atoms with Crippen LogP contribution in [0.2, 0.25) is 0 Å². The number of carbonyl (C=O) groups excluding carboxylic acids is 1. The summed E-state index contributed by atoms with van der Waals surface area (Å²) >= 11 is 4.82. The molecule has 28 heavy (non-hydrogen) atoms. The van der Waals surface area contributed by atoms with E-state index in [1.54, 1.807) is 0 Å². The quantitative estimate of drug-likeness (QED) is 0.617. The number of aromatic nitrogens is 1. The van der Waals surface area contributed by atoms with Crippen molar-refractivity contribution in [3.63, 3.8) is 0 Å². The first-order valence-corrected chi connectivity index (χ1v) is 11.5. The third-order valence-corrected chi connectivity index (χ3v) is 7.80. The van der Waals surface area contributed by atoms with Gasteiger partial charge in [0.2, 0.25) is 10.0 Å². The second-order valence-electron chi connectivity index (χ2n) is 6.10. The Kier molecular flexibility index (Phi) is 5.48. The summed E-state index contributed by atoms with van der Waals surface area (Å²) in [6, 6.07) is 11.6. The molecule has 1 N–H and O–H groups in total. The van der Waals surface area contributed by atoms with Crippen LogP contribution in [0, 0.1) is 0 Å². The number of hydrogen-bond donors (Lipinski definition) is 1. The van der Waals surface area contributed by atoms with Crippen molar-refractivity contribution in [1.82, 2.24) is 9.29 Å². The number of sulfonamides is 1. The molecule has 1 aliphatic heterocycles. The van der Waals surface area contributed by atoms with Crippen molar-refractivity contribution in [3.05, 3.63) is 52.5 Å². The third kappa shape index (κ3) is 3.83. The zero-order chi connectivity index (χ0) is 19.7. The van der Waals surface area contributed by atoms with Crippen LogP contribution in [0.1, 0.15) is 10.4 Å². The van der Waals surface area contributed by atoms with E-state index in [4.69, 9.17) is 4.74 Å². The molecule has 0 unspecified atom stereocenters. The molecule has 0 atom stereocenters. The molecule has 0 saturated carbocycles. The number of anilines is 1. The van der Waals surface area contributed by atoms with Gasteiger partial charge in [-0.05, 0) is 52.3 Å². The Morgan fingerprint density at radius 3 is 2.54 bits per heavy atom. The van der Waals surface area contributed by atoms with E-state index in [1.807, 2.05) is 18.2 Å². The molecule has 0 radical (unpaired) electrons. The first-order valence-electron chi connectivity index (χ1n) is 8.49. The lowest BCUT2D eigenvalue weighted by Crippen LogP contribution is -2.40. The van der Waals surface area contributed by atoms with Crippen LogP contribution in [-0.2, 0) is 14.8 Å². The van der Waals surface area contributed by atoms with E-state index in [-0.39, 0.29) is 10.8 Å². The molecule has 10 heteroatoms. The molecule has 4 rings (SSSR count). The number of halogens is 1. The zero-order valence-electron chi connectivity index (χ0n) is 14.6. The van der Waals surface area contributed by atoms with Crippen LogP contribution < -0.4 is 5.32 Å². The Balaban J connectivity index is 1.51. The number of carbonyl (C=O) groups is 1. The van der Waals surface area contributed by atoms with E-state index in [1.165, 1.54) is 39.9 Å². The monoisotopic (exact) mass is 481 g/mol. The maximum absolute atomic E-state index is 12.6. The van der Waals surface area contributed by atoms with Gasteiger partial charge in [-0.25, -0.2) is 13.4 Å². The van der Waals surface area contributed by atoms with Gasteiger partial charge in [-0.1, -0.05) is 17.4 Å². The highest BCUT2D eigenvalue weighted by Crippen LogP contribution is 2.31. The summed E-state index contributed by atoms with van der Waals surface area (Å²) in [7, 11) is -3.58. The number of nitrogens with zero attached hydrogens (tertiary/aromatic N) is 2. The van der Waals surface area contributed by atoms with Gasteiger partial charge in [-0.15, -0.1) is 0 Å². The van der Waals surface area contributed by atoms with E-state index >= 15 is 0 Å². The summed E-state index contributed by atoms with van der Waals surface area (Å²) in [5.41, 5.74) is 1.15. The summed E-state index contributed by atoms with van der Waals surface area (Å²) in [5.74, 6) is -0.342. The molecule has 1 aromatic heterocycles. The van der Waals surface area contributed by atoms with E-state index < -0.39 is 10.0 Å². The van der Waals surface area contributed by atoms with Crippen molar-refractivity contribution in [3.8, 4) is 0 Å². The number of thiazole rings is 1. The van der Waals surface area contributed by atoms with Gasteiger partial charge < -0.3 is 4.74 Å². The Bertz CT molecular complexity index is 1120. The van der Waals surface area contributed by atoms with Crippen molar-refractivity contribution >= 4 is 58.5 Å². The first-order chi connectivity index (χ1) is 13.4. The Labute approximate surface area is 174 Å². The molecular weight excluding hydrogens is 466 g/mol. The van der Waals surface area contributed by atoms with E-state index in [0.717, 1.165) is 14.7 Å². The molecule has 2 aromatic carbocycles. The normalized spacial score (nSPS) is 15.6. The van der Waals surface area contributed by atoms with Crippen molar-refractivity contribution in [1.29, 1.82) is 0 Å². The van der Waals surface area contributed by atoms with Gasteiger partial charge in [0.15, 0.2) is 5.13 Å². The smallest absolute Gasteiger partial charge is 0.257 e. The van der Waals surface area contributed by atoms with Gasteiger partial charge in [0.25, 0.3) is 5.91 Å². The molecule has 7 nitrogen and oxygen atoms in total. The number of hydrogen-bond acceptors (Lipinski definition) is 6. The van der Waals surface area contributed by atoms with Gasteiger partial charge in [0.1, 0.15) is 0 Å². The summed E-state index contributed by atoms with van der Waals surface area (Å²) in [6.07, 6.45) is 0. The molecule has 0 spiro atoms. The molecule has 1 aliphatic rings. The molecule has 1 saturated heterocycles. The molecular formula is C18H16BrN3O4S2. The van der Waals surface area contributed by atoms with Crippen LogP contribution in [0.5, 0.6) is 0 Å². The van der Waals surface area contributed by atoms with E-state index in [0.29, 0.717) is 37.0 Å². The van der Waals surface area contributed by atoms with Crippen LogP contribution in [0.25, 0.3) is 10.2 Å². The average molecular weight is 482 g/mol. The van der Waals surface area contributed by atoms with Crippen LogP contribution >= 0.6 is 27.3 Å². The highest BCUT2D eigenvalue weighted by atomic mass is 79.9. The maximum Gasteiger partial charge on any atom is 0.257 e. The van der Waals surface area contributed by atoms with Gasteiger partial charge >= 0.3 is 0 Å². The zero-order valence-corrected chi connectivity index (χ0v) is 17.8. The summed E-state index contributed by atoms with van der Waals surface area (Å²) in [6.45, 7) is 1.44. The average Bonchev–Trinajstić information content (AvgIpc) is 3.12. The largest absolute Gasteiger partial charge is 0.379 e. The first kappa shape index (κ1) is 19.5. The van der Waals surface area contributed by atoms with Gasteiger partial charge in [-0.2, -0.15) is 4.31 Å². The summed E-state index contributed by atoms with van der Waals surface area (Å²) < 4.78 is 33.7. The fraction of sp³-hybridized carbons (Fsp3) is 0.222. The molecule has 3 aromatic rings. The SMILES string of the molecule is O=C(Nc1nc2c(Br)cccc2s1)c1ccc(S(=O)(=O)N2CCOCC2)cc1. The number of nitrogens with one attached hydrogen (secondary N) is 1. The standard InChI is InChI=1S/C18H16BrN3O4S2/c19-14-2-1-3-15-16(14)20-18(27-15)21-17(23)12-4-6-13(7-5-12)28(24,25)22-8-10-26-11-9-22/h1-7H,8-11H2,(H,20,21,23). The van der Waals surface area contributed by atoms with Crippen LogP contribution in [0.15, 0.2) is 51.8 Å². The van der Waals surface area contributed by atoms with Crippen LogP contribution in [0.4, 0.5) is 5.13 Å². The summed E-state index contributed by atoms with van der Waals surface area (Å²) in [5, 5.41) is 3.25. The minimum absolute atomic E-state index is 0.162. The number of rotatable bonds is 4. The topological polar surface area (TPSA) is 88.6 Å². The Morgan fingerprint density at radius 1 is 1.14 bits per heavy atom. The van der Waals surface area contributed by atoms with Crippen LogP contribution in [-0.4, -0.2) is 49.9 Å². The second-order valence-corrected chi connectivity index (χ2v) is 9.92. The number of amides is 1. The molecule has 0 aliphatic carbocycles. The maximum atomic E-state index is 12.6. The molecule has 1 fully saturated rings. The predicted octanol–water partition coefficient (Wildman–Crippen LogP) is 3.33. The Hall–Kier alpha value is -1.85. The van der Waals surface area contributed by atoms with E-state index in [2.05, 4.69) is 26.2 Å². The highest BCUT2D eigenvalue weighted by Gasteiger charge is 2.26. The van der Waals surface area contributed by atoms with Crippen molar-refractivity contribution in [2.45, 2.75) is 4.90 Å². The minimum Gasteiger partial charge on any atom is -0.379 e. The number of morpholine rings is 1. The van der Waals surface area contributed by atoms with Crippen molar-refractivity contribution < 1.29 is 17.9 Å². The van der Waals surface area contributed by atoms with Gasteiger partial charge in [-0.3, -0.25) is 10.1 Å². The molecule has 0 bridgehead atoms. The van der Waals surface area contributed by atoms with Gasteiger partial charge in [0, 0.05) is 23.1 Å². The number of benzene rings is 2. The number of para-hydroxylation sites is 1. The number of fused-ring (bicyclic) bond motifs is 1. The lowest BCUT2D eigenvalue weighted by atomic mass is 10.2. The second kappa shape index (κ2) is 7.88. The fourth-order valence-electron chi connectivity index (χ4n) is 2.85. The minimum atomic E-state index is -3.58.